The van der Waals surface area contributed by atoms with E-state index in [0.29, 0.717) is 17.9 Å². The van der Waals surface area contributed by atoms with Crippen LogP contribution >= 0.6 is 0 Å². The molecule has 4 heteroatoms. The zero-order chi connectivity index (χ0) is 8.81. The van der Waals surface area contributed by atoms with Crippen LogP contribution in [0.2, 0.25) is 0 Å². The Kier molecular flexibility index (Phi) is 3.61. The monoisotopic (exact) mass is 164 g/mol. The van der Waals surface area contributed by atoms with Crippen molar-refractivity contribution < 1.29 is 9.76 Å². The fourth-order valence-electron chi connectivity index (χ4n) is 0.760. The van der Waals surface area contributed by atoms with Crippen molar-refractivity contribution in [3.63, 3.8) is 0 Å². The Morgan fingerprint density at radius 2 is 2.42 bits per heavy atom. The molecule has 0 bridgehead atoms. The number of rotatable bonds is 4. The summed E-state index contributed by atoms with van der Waals surface area (Å²) in [7, 11) is 1.01. The van der Waals surface area contributed by atoms with Crippen LogP contribution in [0.25, 0.3) is 0 Å². The molecule has 0 aromatic carbocycles. The second-order valence-electron chi connectivity index (χ2n) is 2.41. The van der Waals surface area contributed by atoms with Crippen LogP contribution in [0.3, 0.4) is 0 Å². The van der Waals surface area contributed by atoms with Gasteiger partial charge in [0.2, 0.25) is 5.88 Å². The van der Waals surface area contributed by atoms with Crippen LogP contribution in [0.5, 0.6) is 5.88 Å². The normalized spacial score (nSPS) is 9.50. The predicted molar refractivity (Wildman–Crippen MR) is 47.6 cm³/mol. The molecule has 1 aromatic rings. The van der Waals surface area contributed by atoms with Crippen molar-refractivity contribution in [3.05, 3.63) is 18.3 Å². The lowest BCUT2D eigenvalue weighted by molar-refractivity contribution is 0.305. The van der Waals surface area contributed by atoms with Crippen molar-refractivity contribution in [1.82, 2.24) is 4.98 Å². The first-order valence-electron chi connectivity index (χ1n) is 3.93. The second kappa shape index (κ2) is 4.77. The molecule has 0 spiro atoms. The molecule has 0 fully saturated rings. The zero-order valence-corrected chi connectivity index (χ0v) is 7.03. The minimum absolute atomic E-state index is 0.599. The van der Waals surface area contributed by atoms with E-state index in [1.54, 1.807) is 18.3 Å². The van der Waals surface area contributed by atoms with Gasteiger partial charge in [-0.1, -0.05) is 13.0 Å². The zero-order valence-electron chi connectivity index (χ0n) is 7.03. The quantitative estimate of drug-likeness (QED) is 0.642. The van der Waals surface area contributed by atoms with E-state index in [9.17, 15) is 0 Å². The molecule has 1 rings (SSSR count). The van der Waals surface area contributed by atoms with E-state index in [1.165, 1.54) is 0 Å². The van der Waals surface area contributed by atoms with Crippen LogP contribution in [-0.2, 0) is 0 Å². The van der Waals surface area contributed by atoms with Gasteiger partial charge in [0.25, 0.3) is 0 Å². The van der Waals surface area contributed by atoms with E-state index in [0.717, 1.165) is 13.9 Å². The van der Waals surface area contributed by atoms with Gasteiger partial charge in [-0.05, 0) is 17.9 Å². The maximum Gasteiger partial charge on any atom is 0.328 e. The molecule has 0 amide bonds. The van der Waals surface area contributed by atoms with E-state index in [1.807, 2.05) is 6.92 Å². The lowest BCUT2D eigenvalue weighted by Crippen LogP contribution is -2.13. The van der Waals surface area contributed by atoms with Crippen LogP contribution < -0.4 is 10.2 Å². The van der Waals surface area contributed by atoms with Gasteiger partial charge in [0.1, 0.15) is 0 Å². The summed E-state index contributed by atoms with van der Waals surface area (Å²) < 4.78 is 5.25. The average molecular weight is 164 g/mol. The Hall–Kier alpha value is -1.03. The van der Waals surface area contributed by atoms with E-state index in [-0.39, 0.29) is 0 Å². The van der Waals surface area contributed by atoms with Gasteiger partial charge in [0.05, 0.1) is 6.61 Å². The molecular weight excluding hydrogens is 153 g/mol. The molecule has 0 unspecified atom stereocenters. The summed E-state index contributed by atoms with van der Waals surface area (Å²) in [5.41, 5.74) is 0.679. The first kappa shape index (κ1) is 9.07. The lowest BCUT2D eigenvalue weighted by atomic mass is 9.91. The summed E-state index contributed by atoms with van der Waals surface area (Å²) in [4.78, 5) is 3.97. The molecule has 0 saturated heterocycles. The first-order valence-corrected chi connectivity index (χ1v) is 3.93. The maximum absolute atomic E-state index is 8.60. The van der Waals surface area contributed by atoms with Crippen molar-refractivity contribution in [2.75, 3.05) is 6.61 Å². The van der Waals surface area contributed by atoms with Crippen molar-refractivity contribution in [2.24, 2.45) is 0 Å². The van der Waals surface area contributed by atoms with Crippen LogP contribution in [0.4, 0.5) is 0 Å². The van der Waals surface area contributed by atoms with Gasteiger partial charge in [0, 0.05) is 6.20 Å². The highest BCUT2D eigenvalue weighted by atomic mass is 16.5. The minimum atomic E-state index is 0.599. The molecule has 0 atom stereocenters. The number of aromatic nitrogens is 1. The van der Waals surface area contributed by atoms with Gasteiger partial charge in [-0.2, -0.15) is 0 Å². The number of ether oxygens (including phenoxy) is 1. The van der Waals surface area contributed by atoms with E-state index in [4.69, 9.17) is 9.76 Å². The van der Waals surface area contributed by atoms with Crippen LogP contribution in [0.15, 0.2) is 18.3 Å². The molecule has 1 radical (unpaired) electrons. The minimum Gasteiger partial charge on any atom is -0.478 e. The lowest BCUT2D eigenvalue weighted by Gasteiger charge is -2.02. The van der Waals surface area contributed by atoms with Crippen molar-refractivity contribution in [3.8, 4) is 5.88 Å². The Balaban J connectivity index is 2.53. The Bertz CT molecular complexity index is 225. The Morgan fingerprint density at radius 1 is 1.58 bits per heavy atom. The Labute approximate surface area is 72.7 Å². The molecule has 3 nitrogen and oxygen atoms in total. The molecule has 0 aliphatic rings. The van der Waals surface area contributed by atoms with Crippen molar-refractivity contribution in [1.29, 1.82) is 0 Å². The Morgan fingerprint density at radius 3 is 2.92 bits per heavy atom. The summed E-state index contributed by atoms with van der Waals surface area (Å²) in [5.74, 6) is 0.599. The molecule has 1 N–H and O–H groups in total. The summed E-state index contributed by atoms with van der Waals surface area (Å²) in [6.45, 7) is 2.71. The molecule has 12 heavy (non-hydrogen) atoms. The third-order valence-electron chi connectivity index (χ3n) is 1.36. The first-order chi connectivity index (χ1) is 5.86. The number of hydrogen-bond acceptors (Lipinski definition) is 3. The second-order valence-corrected chi connectivity index (χ2v) is 2.41. The highest BCUT2D eigenvalue weighted by Crippen LogP contribution is 2.01. The third kappa shape index (κ3) is 2.55. The van der Waals surface area contributed by atoms with Gasteiger partial charge in [-0.3, -0.25) is 0 Å². The van der Waals surface area contributed by atoms with Gasteiger partial charge in [-0.25, -0.2) is 4.98 Å². The fourth-order valence-corrected chi connectivity index (χ4v) is 0.760. The SMILES string of the molecule is CCCOc1ccc([B]O)cn1. The molecule has 0 aliphatic heterocycles. The number of pyridine rings is 1. The fraction of sp³-hybridized carbons (Fsp3) is 0.375. The average Bonchev–Trinajstić information content (AvgIpc) is 2.15. The van der Waals surface area contributed by atoms with E-state index in [2.05, 4.69) is 4.98 Å². The van der Waals surface area contributed by atoms with Gasteiger partial charge in [0.15, 0.2) is 0 Å². The molecular formula is C8H11BNO2. The summed E-state index contributed by atoms with van der Waals surface area (Å²) in [6.07, 6.45) is 2.53. The molecule has 0 aliphatic carbocycles. The van der Waals surface area contributed by atoms with E-state index < -0.39 is 0 Å². The molecule has 1 aromatic heterocycles. The smallest absolute Gasteiger partial charge is 0.328 e. The molecule has 1 heterocycles. The standard InChI is InChI=1S/C8H11BNO2/c1-2-5-12-8-4-3-7(9-11)6-10-8/h3-4,6,11H,2,5H2,1H3. The summed E-state index contributed by atoms with van der Waals surface area (Å²) >= 11 is 0. The largest absolute Gasteiger partial charge is 0.478 e. The van der Waals surface area contributed by atoms with Crippen LogP contribution in [0.1, 0.15) is 13.3 Å². The third-order valence-corrected chi connectivity index (χ3v) is 1.36. The highest BCUT2D eigenvalue weighted by molar-refractivity contribution is 6.45. The number of hydrogen-bond donors (Lipinski definition) is 1. The molecule has 0 saturated carbocycles. The highest BCUT2D eigenvalue weighted by Gasteiger charge is 1.95. The van der Waals surface area contributed by atoms with Crippen molar-refractivity contribution in [2.45, 2.75) is 13.3 Å². The summed E-state index contributed by atoms with van der Waals surface area (Å²) in [5, 5.41) is 8.60. The van der Waals surface area contributed by atoms with Crippen LogP contribution in [-0.4, -0.2) is 24.1 Å². The van der Waals surface area contributed by atoms with Gasteiger partial charge in [-0.15, -0.1) is 0 Å². The van der Waals surface area contributed by atoms with Gasteiger partial charge < -0.3 is 9.76 Å². The topological polar surface area (TPSA) is 42.4 Å². The molecule has 63 valence electrons. The predicted octanol–water partition coefficient (Wildman–Crippen LogP) is 0.107. The number of nitrogens with zero attached hydrogens (tertiary/aromatic N) is 1. The van der Waals surface area contributed by atoms with Gasteiger partial charge >= 0.3 is 7.48 Å². The van der Waals surface area contributed by atoms with Crippen molar-refractivity contribution >= 4 is 12.9 Å². The van der Waals surface area contributed by atoms with Crippen LogP contribution in [0, 0.1) is 0 Å². The maximum atomic E-state index is 8.60. The van der Waals surface area contributed by atoms with E-state index >= 15 is 0 Å². The summed E-state index contributed by atoms with van der Waals surface area (Å²) in [6, 6.07) is 3.48.